The van der Waals surface area contributed by atoms with Crippen LogP contribution in [0.4, 0.5) is 11.5 Å². The lowest BCUT2D eigenvalue weighted by Crippen LogP contribution is -2.53. The van der Waals surface area contributed by atoms with Crippen LogP contribution in [-0.4, -0.2) is 84.5 Å². The maximum atomic E-state index is 12.8. The van der Waals surface area contributed by atoms with E-state index in [0.29, 0.717) is 41.6 Å². The summed E-state index contributed by atoms with van der Waals surface area (Å²) in [5.41, 5.74) is 15.4. The Morgan fingerprint density at radius 3 is 2.25 bits per heavy atom. The molecule has 3 aromatic carbocycles. The molecular formula is C49H61N9O3. The Morgan fingerprint density at radius 1 is 0.967 bits per heavy atom. The first-order valence-electron chi connectivity index (χ1n) is 21.3. The molecule has 2 aliphatic rings. The number of aromatic nitrogens is 1. The van der Waals surface area contributed by atoms with Crippen LogP contribution >= 0.6 is 0 Å². The third kappa shape index (κ3) is 10.5. The number of anilines is 2. The Morgan fingerprint density at radius 2 is 1.64 bits per heavy atom. The molecule has 2 atom stereocenters. The molecule has 1 saturated heterocycles. The summed E-state index contributed by atoms with van der Waals surface area (Å²) in [6.45, 7) is 15.6. The van der Waals surface area contributed by atoms with Gasteiger partial charge in [0.25, 0.3) is 5.91 Å². The molecule has 2 fully saturated rings. The number of amides is 2. The van der Waals surface area contributed by atoms with Gasteiger partial charge >= 0.3 is 0 Å². The molecule has 0 bridgehead atoms. The maximum Gasteiger partial charge on any atom is 0.288 e. The fraction of sp³-hybridized carbons (Fsp3) is 0.408. The zero-order valence-electron chi connectivity index (χ0n) is 36.6. The van der Waals surface area contributed by atoms with Crippen LogP contribution in [0.25, 0.3) is 11.1 Å². The number of nitrogens with zero attached hydrogens (tertiary/aromatic N) is 4. The second-order valence-corrected chi connectivity index (χ2v) is 17.6. The zero-order chi connectivity index (χ0) is 44.0. The molecule has 12 heteroatoms. The number of aliphatic imine (C=N–C) groups is 1. The van der Waals surface area contributed by atoms with E-state index in [2.05, 4.69) is 78.9 Å². The number of aldehydes is 1. The topological polar surface area (TPSA) is 181 Å². The van der Waals surface area contributed by atoms with E-state index < -0.39 is 5.91 Å². The van der Waals surface area contributed by atoms with Gasteiger partial charge in [-0.3, -0.25) is 25.3 Å². The Labute approximate surface area is 360 Å². The van der Waals surface area contributed by atoms with Gasteiger partial charge in [0.05, 0.1) is 17.7 Å². The van der Waals surface area contributed by atoms with E-state index in [9.17, 15) is 14.4 Å². The van der Waals surface area contributed by atoms with Crippen LogP contribution in [0, 0.1) is 23.2 Å². The fourth-order valence-electron chi connectivity index (χ4n) is 8.26. The number of rotatable bonds is 13. The van der Waals surface area contributed by atoms with Gasteiger partial charge in [-0.15, -0.1) is 0 Å². The summed E-state index contributed by atoms with van der Waals surface area (Å²) in [5, 5.41) is 22.9. The van der Waals surface area contributed by atoms with E-state index in [0.717, 1.165) is 73.1 Å². The number of aryl methyl sites for hydroxylation is 1. The Kier molecular flexibility index (Phi) is 14.0. The molecule has 0 radical (unpaired) electrons. The molecule has 1 unspecified atom stereocenters. The molecular weight excluding hydrogens is 763 g/mol. The highest BCUT2D eigenvalue weighted by molar-refractivity contribution is 6.38. The first-order chi connectivity index (χ1) is 29.1. The molecule has 1 saturated carbocycles. The van der Waals surface area contributed by atoms with Gasteiger partial charge in [0.15, 0.2) is 0 Å². The number of nitrogens with one attached hydrogen (secondary N) is 4. The van der Waals surface area contributed by atoms with Crippen LogP contribution in [-0.2, 0) is 14.4 Å². The maximum absolute atomic E-state index is 12.8. The van der Waals surface area contributed by atoms with Crippen molar-refractivity contribution >= 4 is 46.9 Å². The summed E-state index contributed by atoms with van der Waals surface area (Å²) >= 11 is 0. The van der Waals surface area contributed by atoms with E-state index in [4.69, 9.17) is 16.6 Å². The molecule has 61 heavy (non-hydrogen) atoms. The van der Waals surface area contributed by atoms with Crippen molar-refractivity contribution in [1.82, 2.24) is 20.5 Å². The van der Waals surface area contributed by atoms with Gasteiger partial charge in [-0.2, -0.15) is 0 Å². The van der Waals surface area contributed by atoms with E-state index in [1.807, 2.05) is 65.8 Å². The second-order valence-electron chi connectivity index (χ2n) is 17.6. The quantitative estimate of drug-likeness (QED) is 0.0523. The highest BCUT2D eigenvalue weighted by atomic mass is 16.2. The van der Waals surface area contributed by atoms with Gasteiger partial charge in [-0.25, -0.2) is 9.98 Å². The Balaban J connectivity index is 1.02. The summed E-state index contributed by atoms with van der Waals surface area (Å²) in [6, 6.07) is 24.8. The van der Waals surface area contributed by atoms with Gasteiger partial charge < -0.3 is 26.1 Å². The number of pyridine rings is 1. The summed E-state index contributed by atoms with van der Waals surface area (Å²) in [4.78, 5) is 49.9. The number of likely N-dealkylation sites (N-methyl/N-ethyl adjacent to an activating group) is 1. The summed E-state index contributed by atoms with van der Waals surface area (Å²) in [6.07, 6.45) is 5.79. The molecule has 12 nitrogen and oxygen atoms in total. The monoisotopic (exact) mass is 823 g/mol. The van der Waals surface area contributed by atoms with Gasteiger partial charge in [0.2, 0.25) is 11.7 Å². The first kappa shape index (κ1) is 44.5. The van der Waals surface area contributed by atoms with E-state index in [-0.39, 0.29) is 40.6 Å². The molecule has 2 amide bonds. The molecule has 1 aromatic heterocycles. The van der Waals surface area contributed by atoms with E-state index in [1.165, 1.54) is 11.3 Å². The number of nitrogens with two attached hydrogens (primary N) is 1. The molecule has 2 heterocycles. The van der Waals surface area contributed by atoms with Crippen molar-refractivity contribution in [1.29, 1.82) is 10.8 Å². The van der Waals surface area contributed by atoms with Gasteiger partial charge in [-0.1, -0.05) is 69.3 Å². The smallest absolute Gasteiger partial charge is 0.288 e. The summed E-state index contributed by atoms with van der Waals surface area (Å²) in [5.74, 6) is -0.414. The normalized spacial score (nSPS) is 18.1. The molecule has 1 aliphatic heterocycles. The van der Waals surface area contributed by atoms with Crippen molar-refractivity contribution < 1.29 is 14.4 Å². The minimum atomic E-state index is -0.540. The predicted octanol–water partition coefficient (Wildman–Crippen LogP) is 7.59. The number of hydrogen-bond acceptors (Lipinski definition) is 9. The molecule has 1 aliphatic carbocycles. The van der Waals surface area contributed by atoms with Crippen LogP contribution in [0.2, 0.25) is 0 Å². The highest BCUT2D eigenvalue weighted by Crippen LogP contribution is 2.41. The highest BCUT2D eigenvalue weighted by Gasteiger charge is 2.36. The number of benzene rings is 3. The molecule has 0 spiro atoms. The average molecular weight is 824 g/mol. The van der Waals surface area contributed by atoms with Crippen molar-refractivity contribution in [2.24, 2.45) is 10.4 Å². The van der Waals surface area contributed by atoms with Crippen LogP contribution in [0.15, 0.2) is 84.0 Å². The van der Waals surface area contributed by atoms with Gasteiger partial charge in [0, 0.05) is 85.4 Å². The lowest BCUT2D eigenvalue weighted by Gasteiger charge is -2.47. The standard InChI is InChI=1S/C49H61N9O3/c1-30-25-36(16-19-41(30)31(2)55-48(61)46(52)56-32(3)49(4,5)6)44(50)43-28-38(29-54-45(43)51)34-14-17-39(18-15-34)57-20-22-58(23-21-57)40-26-37(27-40)33-10-12-35(13-11-33)42(9-8-24-59)47(60)53-7/h10-19,24-25,28-29,31,37,40,42,50,52H,8-9,20-23,26-27H2,1-7H3,(H2,51,54)(H,53,60)(H,55,61)/t31-,37?,40?,42?/m1/s1. The number of hydrogen-bond donors (Lipinski definition) is 5. The van der Waals surface area contributed by atoms with Gasteiger partial charge in [-0.05, 0) is 98.0 Å². The van der Waals surface area contributed by atoms with E-state index in [1.54, 1.807) is 13.2 Å². The van der Waals surface area contributed by atoms with Crippen LogP contribution in [0.1, 0.15) is 112 Å². The third-order valence-electron chi connectivity index (χ3n) is 12.6. The van der Waals surface area contributed by atoms with Crippen molar-refractivity contribution in [2.45, 2.75) is 91.1 Å². The van der Waals surface area contributed by atoms with Crippen molar-refractivity contribution in [3.63, 3.8) is 0 Å². The van der Waals surface area contributed by atoms with E-state index >= 15 is 0 Å². The van der Waals surface area contributed by atoms with Crippen molar-refractivity contribution in [2.75, 3.05) is 43.9 Å². The first-order valence-corrected chi connectivity index (χ1v) is 21.3. The molecule has 6 N–H and O–H groups in total. The number of nitrogen functional groups attached to an aromatic ring is 1. The second kappa shape index (κ2) is 19.1. The molecule has 320 valence electrons. The van der Waals surface area contributed by atoms with Crippen molar-refractivity contribution in [3.8, 4) is 11.1 Å². The van der Waals surface area contributed by atoms with Crippen LogP contribution in [0.5, 0.6) is 0 Å². The van der Waals surface area contributed by atoms with Gasteiger partial charge in [0.1, 0.15) is 12.1 Å². The van der Waals surface area contributed by atoms with Crippen LogP contribution < -0.4 is 21.3 Å². The third-order valence-corrected chi connectivity index (χ3v) is 12.6. The Bertz CT molecular complexity index is 2280. The SMILES string of the molecule is CNC(=O)C(CCC=O)c1ccc(C2CC(N3CCN(c4ccc(-c5cnc(N)c(C(=N)c6ccc([C@@H](C)NC(=O)C(=N)N=C(C)C(C)(C)C)c(C)c6)c5)cc4)CC3)C2)cc1. The number of carbonyl (C=O) groups is 3. The lowest BCUT2D eigenvalue weighted by atomic mass is 9.74. The average Bonchev–Trinajstić information content (AvgIpc) is 3.23. The number of amidine groups is 1. The minimum Gasteiger partial charge on any atom is -0.383 e. The molecule has 4 aromatic rings. The number of piperazine rings is 1. The summed E-state index contributed by atoms with van der Waals surface area (Å²) in [7, 11) is 1.64. The Hall–Kier alpha value is -6.01. The fourth-order valence-corrected chi connectivity index (χ4v) is 8.26. The largest absolute Gasteiger partial charge is 0.383 e. The van der Waals surface area contributed by atoms with Crippen LogP contribution in [0.3, 0.4) is 0 Å². The predicted molar refractivity (Wildman–Crippen MR) is 246 cm³/mol. The minimum absolute atomic E-state index is 0.0520. The zero-order valence-corrected chi connectivity index (χ0v) is 36.6. The summed E-state index contributed by atoms with van der Waals surface area (Å²) < 4.78 is 0. The number of carbonyl (C=O) groups excluding carboxylic acids is 3. The van der Waals surface area contributed by atoms with Crippen molar-refractivity contribution in [3.05, 3.63) is 112 Å². The molecule has 6 rings (SSSR count). The lowest BCUT2D eigenvalue weighted by molar-refractivity contribution is -0.122.